The SMILES string of the molecule is CCOc1ccc(C2c3c(oc4ccccc4c3=O)C(=O)N2c2ccc(C)cc2)cc1OCC. The van der Waals surface area contributed by atoms with E-state index in [-0.39, 0.29) is 17.1 Å². The van der Waals surface area contributed by atoms with Crippen LogP contribution in [-0.2, 0) is 0 Å². The number of amides is 1. The second kappa shape index (κ2) is 8.71. The van der Waals surface area contributed by atoms with E-state index in [2.05, 4.69) is 0 Å². The molecule has 0 N–H and O–H groups in total. The van der Waals surface area contributed by atoms with Crippen LogP contribution in [0.4, 0.5) is 5.69 Å². The third kappa shape index (κ3) is 3.52. The summed E-state index contributed by atoms with van der Waals surface area (Å²) in [5.41, 5.74) is 3.01. The molecule has 1 aliphatic heterocycles. The minimum Gasteiger partial charge on any atom is -0.490 e. The minimum absolute atomic E-state index is 0.0705. The van der Waals surface area contributed by atoms with Crippen LogP contribution in [0.3, 0.4) is 0 Å². The summed E-state index contributed by atoms with van der Waals surface area (Å²) in [5, 5.41) is 0.445. The molecule has 0 saturated carbocycles. The molecule has 1 atom stereocenters. The molecular formula is C28H25NO5. The molecule has 1 aliphatic rings. The fourth-order valence-corrected chi connectivity index (χ4v) is 4.44. The van der Waals surface area contributed by atoms with Gasteiger partial charge in [0.15, 0.2) is 16.9 Å². The molecular weight excluding hydrogens is 430 g/mol. The maximum absolute atomic E-state index is 13.7. The molecule has 2 heterocycles. The van der Waals surface area contributed by atoms with Crippen molar-refractivity contribution in [3.8, 4) is 11.5 Å². The van der Waals surface area contributed by atoms with Gasteiger partial charge in [-0.15, -0.1) is 0 Å². The zero-order valence-electron chi connectivity index (χ0n) is 19.3. The summed E-state index contributed by atoms with van der Waals surface area (Å²) in [6.45, 7) is 6.75. The fourth-order valence-electron chi connectivity index (χ4n) is 4.44. The van der Waals surface area contributed by atoms with Crippen molar-refractivity contribution in [3.05, 3.63) is 99.4 Å². The molecule has 0 radical (unpaired) electrons. The first kappa shape index (κ1) is 21.8. The molecule has 0 saturated heterocycles. The average Bonchev–Trinajstić information content (AvgIpc) is 3.14. The van der Waals surface area contributed by atoms with Crippen molar-refractivity contribution in [1.82, 2.24) is 0 Å². The summed E-state index contributed by atoms with van der Waals surface area (Å²) in [6.07, 6.45) is 0. The average molecular weight is 456 g/mol. The quantitative estimate of drug-likeness (QED) is 0.376. The maximum Gasteiger partial charge on any atom is 0.295 e. The number of anilines is 1. The van der Waals surface area contributed by atoms with Gasteiger partial charge in [0.2, 0.25) is 5.76 Å². The predicted molar refractivity (Wildman–Crippen MR) is 131 cm³/mol. The Morgan fingerprint density at radius 2 is 1.59 bits per heavy atom. The molecule has 6 heteroatoms. The Morgan fingerprint density at radius 3 is 2.32 bits per heavy atom. The molecule has 34 heavy (non-hydrogen) atoms. The van der Waals surface area contributed by atoms with Crippen LogP contribution in [0.2, 0.25) is 0 Å². The van der Waals surface area contributed by atoms with E-state index in [0.717, 1.165) is 11.1 Å². The topological polar surface area (TPSA) is 69.0 Å². The number of rotatable bonds is 6. The first-order valence-electron chi connectivity index (χ1n) is 11.4. The van der Waals surface area contributed by atoms with E-state index < -0.39 is 6.04 Å². The van der Waals surface area contributed by atoms with E-state index in [4.69, 9.17) is 13.9 Å². The third-order valence-electron chi connectivity index (χ3n) is 5.97. The fraction of sp³-hybridized carbons (Fsp3) is 0.214. The Bertz CT molecular complexity index is 1440. The second-order valence-corrected chi connectivity index (χ2v) is 8.16. The van der Waals surface area contributed by atoms with Gasteiger partial charge >= 0.3 is 0 Å². The molecule has 4 aromatic rings. The maximum atomic E-state index is 13.7. The molecule has 5 rings (SSSR count). The number of fused-ring (bicyclic) bond motifs is 2. The number of ether oxygens (including phenoxy) is 2. The number of nitrogens with zero attached hydrogens (tertiary/aromatic N) is 1. The lowest BCUT2D eigenvalue weighted by Crippen LogP contribution is -2.29. The molecule has 0 spiro atoms. The number of carbonyl (C=O) groups is 1. The Hall–Kier alpha value is -4.06. The zero-order valence-corrected chi connectivity index (χ0v) is 19.3. The van der Waals surface area contributed by atoms with Crippen molar-refractivity contribution < 1.29 is 18.7 Å². The van der Waals surface area contributed by atoms with Crippen LogP contribution < -0.4 is 19.8 Å². The molecule has 0 aliphatic carbocycles. The van der Waals surface area contributed by atoms with E-state index in [1.165, 1.54) is 0 Å². The lowest BCUT2D eigenvalue weighted by molar-refractivity contribution is 0.0971. The molecule has 1 unspecified atom stereocenters. The number of hydrogen-bond donors (Lipinski definition) is 0. The monoisotopic (exact) mass is 455 g/mol. The summed E-state index contributed by atoms with van der Waals surface area (Å²) in [5.74, 6) is 0.904. The standard InChI is InChI=1S/C28H25NO5/c1-4-32-22-15-12-18(16-23(22)33-5-2)25-24-26(30)20-8-6-7-9-21(20)34-27(24)28(31)29(25)19-13-10-17(3)11-14-19/h6-16,25H,4-5H2,1-3H3. The van der Waals surface area contributed by atoms with Crippen LogP contribution in [-0.4, -0.2) is 19.1 Å². The van der Waals surface area contributed by atoms with E-state index in [9.17, 15) is 9.59 Å². The zero-order chi connectivity index (χ0) is 23.8. The van der Waals surface area contributed by atoms with E-state index in [1.54, 1.807) is 29.2 Å². The molecule has 1 aromatic heterocycles. The molecule has 3 aromatic carbocycles. The smallest absolute Gasteiger partial charge is 0.295 e. The Kier molecular flexibility index (Phi) is 5.57. The Morgan fingerprint density at radius 1 is 0.882 bits per heavy atom. The van der Waals surface area contributed by atoms with Gasteiger partial charge in [-0.2, -0.15) is 0 Å². The first-order valence-corrected chi connectivity index (χ1v) is 11.4. The molecule has 6 nitrogen and oxygen atoms in total. The van der Waals surface area contributed by atoms with Crippen LogP contribution in [0.1, 0.15) is 47.1 Å². The van der Waals surface area contributed by atoms with E-state index in [1.807, 2.05) is 63.2 Å². The summed E-state index contributed by atoms with van der Waals surface area (Å²) in [7, 11) is 0. The van der Waals surface area contributed by atoms with Crippen LogP contribution in [0, 0.1) is 6.92 Å². The lowest BCUT2D eigenvalue weighted by Gasteiger charge is -2.26. The van der Waals surface area contributed by atoms with Crippen molar-refractivity contribution in [2.45, 2.75) is 26.8 Å². The van der Waals surface area contributed by atoms with Crippen molar-refractivity contribution in [3.63, 3.8) is 0 Å². The lowest BCUT2D eigenvalue weighted by atomic mass is 9.97. The highest BCUT2D eigenvalue weighted by Gasteiger charge is 2.43. The normalized spacial score (nSPS) is 15.0. The number of hydrogen-bond acceptors (Lipinski definition) is 5. The third-order valence-corrected chi connectivity index (χ3v) is 5.97. The Balaban J connectivity index is 1.76. The highest BCUT2D eigenvalue weighted by Crippen LogP contribution is 2.43. The minimum atomic E-state index is -0.666. The molecule has 1 amide bonds. The van der Waals surface area contributed by atoms with Gasteiger partial charge in [0, 0.05) is 5.69 Å². The number of carbonyl (C=O) groups excluding carboxylic acids is 1. The van der Waals surface area contributed by atoms with Gasteiger partial charge in [0.1, 0.15) is 5.58 Å². The van der Waals surface area contributed by atoms with Crippen LogP contribution >= 0.6 is 0 Å². The van der Waals surface area contributed by atoms with Crippen molar-refractivity contribution in [1.29, 1.82) is 0 Å². The first-order chi connectivity index (χ1) is 16.5. The Labute approximate surface area is 197 Å². The summed E-state index contributed by atoms with van der Waals surface area (Å²) >= 11 is 0. The highest BCUT2D eigenvalue weighted by molar-refractivity contribution is 6.10. The predicted octanol–water partition coefficient (Wildman–Crippen LogP) is 5.65. The highest BCUT2D eigenvalue weighted by atomic mass is 16.5. The van der Waals surface area contributed by atoms with Gasteiger partial charge in [0.05, 0.1) is 30.2 Å². The van der Waals surface area contributed by atoms with Crippen LogP contribution in [0.5, 0.6) is 11.5 Å². The molecule has 172 valence electrons. The van der Waals surface area contributed by atoms with Gasteiger partial charge in [0.25, 0.3) is 5.91 Å². The van der Waals surface area contributed by atoms with E-state index >= 15 is 0 Å². The molecule has 0 fully saturated rings. The second-order valence-electron chi connectivity index (χ2n) is 8.16. The van der Waals surface area contributed by atoms with Crippen molar-refractivity contribution >= 4 is 22.6 Å². The van der Waals surface area contributed by atoms with Gasteiger partial charge in [-0.1, -0.05) is 35.9 Å². The summed E-state index contributed by atoms with van der Waals surface area (Å²) in [4.78, 5) is 29.0. The van der Waals surface area contributed by atoms with Gasteiger partial charge in [-0.3, -0.25) is 14.5 Å². The molecule has 0 bridgehead atoms. The van der Waals surface area contributed by atoms with E-state index in [0.29, 0.717) is 46.9 Å². The largest absolute Gasteiger partial charge is 0.490 e. The summed E-state index contributed by atoms with van der Waals surface area (Å²) < 4.78 is 17.6. The number of para-hydroxylation sites is 1. The summed E-state index contributed by atoms with van der Waals surface area (Å²) in [6, 6.07) is 19.5. The van der Waals surface area contributed by atoms with Crippen molar-refractivity contribution in [2.24, 2.45) is 0 Å². The van der Waals surface area contributed by atoms with Gasteiger partial charge in [-0.05, 0) is 62.7 Å². The van der Waals surface area contributed by atoms with Crippen LogP contribution in [0.25, 0.3) is 11.0 Å². The van der Waals surface area contributed by atoms with Gasteiger partial charge in [-0.25, -0.2) is 0 Å². The number of benzene rings is 3. The van der Waals surface area contributed by atoms with Crippen LogP contribution in [0.15, 0.2) is 75.9 Å². The van der Waals surface area contributed by atoms with Crippen molar-refractivity contribution in [2.75, 3.05) is 18.1 Å². The number of aryl methyl sites for hydroxylation is 1. The van der Waals surface area contributed by atoms with Gasteiger partial charge < -0.3 is 13.9 Å².